The number of hydrogen-bond acceptors (Lipinski definition) is 5. The van der Waals surface area contributed by atoms with Gasteiger partial charge in [0.15, 0.2) is 11.5 Å². The Morgan fingerprint density at radius 1 is 0.857 bits per heavy atom. The van der Waals surface area contributed by atoms with Gasteiger partial charge in [-0.1, -0.05) is 6.07 Å². The fraction of sp³-hybridized carbons (Fsp3) is 0.190. The summed E-state index contributed by atoms with van der Waals surface area (Å²) in [5.74, 6) is 0.817. The third kappa shape index (κ3) is 3.94. The number of anilines is 1. The molecule has 2 aromatic carbocycles. The Balaban J connectivity index is 1.91. The number of nitrogens with one attached hydrogen (secondary N) is 1. The van der Waals surface area contributed by atoms with Gasteiger partial charge in [-0.05, 0) is 60.9 Å². The lowest BCUT2D eigenvalue weighted by Crippen LogP contribution is -2.13. The largest absolute Gasteiger partial charge is 0.493 e. The van der Waals surface area contributed by atoms with Gasteiger partial charge < -0.3 is 9.47 Å². The van der Waals surface area contributed by atoms with E-state index in [1.165, 1.54) is 26.4 Å². The minimum atomic E-state index is -3.77. The third-order valence-corrected chi connectivity index (χ3v) is 5.85. The SMILES string of the molecule is COc1ccc(S(=O)(=O)Nc2ccc(-c3cnccc3C)c(C)c2)cc1OC. The Morgan fingerprint density at radius 2 is 1.61 bits per heavy atom. The van der Waals surface area contributed by atoms with Crippen LogP contribution in [0, 0.1) is 13.8 Å². The molecular weight excluding hydrogens is 376 g/mol. The van der Waals surface area contributed by atoms with Crippen LogP contribution in [-0.2, 0) is 10.0 Å². The molecule has 0 saturated carbocycles. The number of methoxy groups -OCH3 is 2. The van der Waals surface area contributed by atoms with Crippen LogP contribution in [0.25, 0.3) is 11.1 Å². The van der Waals surface area contributed by atoms with E-state index in [2.05, 4.69) is 9.71 Å². The van der Waals surface area contributed by atoms with Crippen LogP contribution >= 0.6 is 0 Å². The number of rotatable bonds is 6. The molecule has 146 valence electrons. The standard InChI is InChI=1S/C21H22N2O4S/c1-14-9-10-22-13-19(14)18-7-5-16(11-15(18)2)23-28(24,25)17-6-8-20(26-3)21(12-17)27-4/h5-13,23H,1-4H3. The molecule has 0 saturated heterocycles. The topological polar surface area (TPSA) is 77.5 Å². The first kappa shape index (κ1) is 19.7. The van der Waals surface area contributed by atoms with E-state index in [-0.39, 0.29) is 4.90 Å². The lowest BCUT2D eigenvalue weighted by Gasteiger charge is -2.14. The Bertz CT molecular complexity index is 1110. The van der Waals surface area contributed by atoms with Crippen LogP contribution in [0.2, 0.25) is 0 Å². The molecule has 0 radical (unpaired) electrons. The van der Waals surface area contributed by atoms with Crippen LogP contribution in [0.1, 0.15) is 11.1 Å². The van der Waals surface area contributed by atoms with Crippen molar-refractivity contribution in [3.8, 4) is 22.6 Å². The van der Waals surface area contributed by atoms with Gasteiger partial charge >= 0.3 is 0 Å². The normalized spacial score (nSPS) is 11.1. The van der Waals surface area contributed by atoms with Gasteiger partial charge in [0.2, 0.25) is 0 Å². The molecule has 1 aromatic heterocycles. The number of benzene rings is 2. The van der Waals surface area contributed by atoms with Crippen LogP contribution in [0.4, 0.5) is 5.69 Å². The van der Waals surface area contributed by atoms with Gasteiger partial charge in [0.1, 0.15) is 0 Å². The summed E-state index contributed by atoms with van der Waals surface area (Å²) < 4.78 is 38.5. The van der Waals surface area contributed by atoms with Crippen molar-refractivity contribution < 1.29 is 17.9 Å². The highest BCUT2D eigenvalue weighted by molar-refractivity contribution is 7.92. The maximum atomic E-state index is 12.8. The number of pyridine rings is 1. The van der Waals surface area contributed by atoms with Crippen molar-refractivity contribution in [2.24, 2.45) is 0 Å². The van der Waals surface area contributed by atoms with E-state index in [9.17, 15) is 8.42 Å². The van der Waals surface area contributed by atoms with E-state index in [1.54, 1.807) is 24.4 Å². The quantitative estimate of drug-likeness (QED) is 0.674. The molecule has 7 heteroatoms. The summed E-state index contributed by atoms with van der Waals surface area (Å²) in [7, 11) is -0.810. The van der Waals surface area contributed by atoms with E-state index in [0.29, 0.717) is 17.2 Å². The van der Waals surface area contributed by atoms with Crippen LogP contribution in [0.5, 0.6) is 11.5 Å². The summed E-state index contributed by atoms with van der Waals surface area (Å²) >= 11 is 0. The van der Waals surface area contributed by atoms with Gasteiger partial charge in [-0.2, -0.15) is 0 Å². The van der Waals surface area contributed by atoms with Crippen molar-refractivity contribution in [1.82, 2.24) is 4.98 Å². The molecule has 0 bridgehead atoms. The van der Waals surface area contributed by atoms with Crippen molar-refractivity contribution in [2.45, 2.75) is 18.7 Å². The van der Waals surface area contributed by atoms with E-state index in [0.717, 1.165) is 22.3 Å². The smallest absolute Gasteiger partial charge is 0.262 e. The second kappa shape index (κ2) is 7.90. The maximum Gasteiger partial charge on any atom is 0.262 e. The molecule has 28 heavy (non-hydrogen) atoms. The lowest BCUT2D eigenvalue weighted by molar-refractivity contribution is 0.354. The van der Waals surface area contributed by atoms with Crippen molar-refractivity contribution in [1.29, 1.82) is 0 Å². The zero-order valence-corrected chi connectivity index (χ0v) is 17.0. The van der Waals surface area contributed by atoms with E-state index >= 15 is 0 Å². The Morgan fingerprint density at radius 3 is 2.25 bits per heavy atom. The summed E-state index contributed by atoms with van der Waals surface area (Å²) in [5, 5.41) is 0. The van der Waals surface area contributed by atoms with Gasteiger partial charge in [0.05, 0.1) is 19.1 Å². The molecule has 6 nitrogen and oxygen atoms in total. The predicted molar refractivity (Wildman–Crippen MR) is 110 cm³/mol. The number of aromatic nitrogens is 1. The third-order valence-electron chi connectivity index (χ3n) is 4.47. The second-order valence-corrected chi connectivity index (χ2v) is 8.02. The summed E-state index contributed by atoms with van der Waals surface area (Å²) in [6.07, 6.45) is 3.56. The number of sulfonamides is 1. The molecule has 1 N–H and O–H groups in total. The Kier molecular flexibility index (Phi) is 5.56. The lowest BCUT2D eigenvalue weighted by atomic mass is 9.98. The number of nitrogens with zero attached hydrogens (tertiary/aromatic N) is 1. The number of aryl methyl sites for hydroxylation is 2. The fourth-order valence-corrected chi connectivity index (χ4v) is 4.04. The maximum absolute atomic E-state index is 12.8. The zero-order chi connectivity index (χ0) is 20.3. The van der Waals surface area contributed by atoms with E-state index in [4.69, 9.17) is 9.47 Å². The monoisotopic (exact) mass is 398 g/mol. The molecule has 0 aliphatic heterocycles. The summed E-state index contributed by atoms with van der Waals surface area (Å²) in [6, 6.07) is 11.9. The van der Waals surface area contributed by atoms with Gasteiger partial charge in [0, 0.05) is 29.7 Å². The first-order valence-electron chi connectivity index (χ1n) is 8.62. The summed E-state index contributed by atoms with van der Waals surface area (Å²) in [6.45, 7) is 3.96. The summed E-state index contributed by atoms with van der Waals surface area (Å²) in [4.78, 5) is 4.27. The first-order chi connectivity index (χ1) is 13.4. The number of hydrogen-bond donors (Lipinski definition) is 1. The highest BCUT2D eigenvalue weighted by Gasteiger charge is 2.18. The van der Waals surface area contributed by atoms with Crippen molar-refractivity contribution in [2.75, 3.05) is 18.9 Å². The summed E-state index contributed by atoms with van der Waals surface area (Å²) in [5.41, 5.74) is 4.58. The van der Waals surface area contributed by atoms with Crippen LogP contribution in [0.3, 0.4) is 0 Å². The van der Waals surface area contributed by atoms with Gasteiger partial charge in [-0.3, -0.25) is 9.71 Å². The van der Waals surface area contributed by atoms with Crippen LogP contribution in [0.15, 0.2) is 59.8 Å². The molecule has 0 fully saturated rings. The number of ether oxygens (including phenoxy) is 2. The second-order valence-electron chi connectivity index (χ2n) is 6.34. The molecule has 3 rings (SSSR count). The zero-order valence-electron chi connectivity index (χ0n) is 16.2. The molecule has 0 spiro atoms. The van der Waals surface area contributed by atoms with Gasteiger partial charge in [-0.25, -0.2) is 8.42 Å². The Hall–Kier alpha value is -3.06. The van der Waals surface area contributed by atoms with Crippen LogP contribution < -0.4 is 14.2 Å². The van der Waals surface area contributed by atoms with Crippen molar-refractivity contribution >= 4 is 15.7 Å². The predicted octanol–water partition coefficient (Wildman–Crippen LogP) is 4.18. The highest BCUT2D eigenvalue weighted by Crippen LogP contribution is 2.31. The molecule has 3 aromatic rings. The first-order valence-corrected chi connectivity index (χ1v) is 10.1. The minimum absolute atomic E-state index is 0.0926. The fourth-order valence-electron chi connectivity index (χ4n) is 2.97. The molecular formula is C21H22N2O4S. The van der Waals surface area contributed by atoms with Gasteiger partial charge in [-0.15, -0.1) is 0 Å². The average molecular weight is 398 g/mol. The van der Waals surface area contributed by atoms with Crippen molar-refractivity contribution in [3.05, 3.63) is 66.0 Å². The molecule has 0 amide bonds. The molecule has 0 unspecified atom stereocenters. The minimum Gasteiger partial charge on any atom is -0.493 e. The van der Waals surface area contributed by atoms with Gasteiger partial charge in [0.25, 0.3) is 10.0 Å². The molecule has 1 heterocycles. The average Bonchev–Trinajstić information content (AvgIpc) is 2.68. The Labute approximate surface area is 165 Å². The molecule has 0 atom stereocenters. The molecule has 0 aliphatic rings. The molecule has 0 aliphatic carbocycles. The van der Waals surface area contributed by atoms with Crippen molar-refractivity contribution in [3.63, 3.8) is 0 Å². The van der Waals surface area contributed by atoms with E-state index < -0.39 is 10.0 Å². The van der Waals surface area contributed by atoms with Crippen LogP contribution in [-0.4, -0.2) is 27.6 Å². The van der Waals surface area contributed by atoms with E-state index in [1.807, 2.05) is 32.2 Å². The highest BCUT2D eigenvalue weighted by atomic mass is 32.2.